The topological polar surface area (TPSA) is 119 Å². The van der Waals surface area contributed by atoms with E-state index in [1.165, 1.54) is 22.7 Å². The molecule has 0 atom stereocenters. The Morgan fingerprint density at radius 2 is 1.09 bits per heavy atom. The van der Waals surface area contributed by atoms with Crippen LogP contribution in [0.4, 0.5) is 10.3 Å². The van der Waals surface area contributed by atoms with Crippen LogP contribution in [-0.2, 0) is 17.6 Å². The van der Waals surface area contributed by atoms with Crippen molar-refractivity contribution in [3.05, 3.63) is 78.6 Å². The lowest BCUT2D eigenvalue weighted by Crippen LogP contribution is -2.11. The van der Waals surface area contributed by atoms with Crippen LogP contribution in [0.25, 0.3) is 0 Å². The quantitative estimate of drug-likeness (QED) is 0.229. The lowest BCUT2D eigenvalue weighted by Gasteiger charge is -2.01. The van der Waals surface area contributed by atoms with Crippen molar-refractivity contribution in [2.24, 2.45) is 0 Å². The minimum Gasteiger partial charge on any atom is -0.381 e. The normalized spacial score (nSPS) is 10.8. The highest BCUT2D eigenvalue weighted by Gasteiger charge is 2.12. The van der Waals surface area contributed by atoms with Crippen molar-refractivity contribution in [1.29, 1.82) is 0 Å². The summed E-state index contributed by atoms with van der Waals surface area (Å²) in [4.78, 5) is 24.5. The van der Waals surface area contributed by atoms with Crippen LogP contribution in [0.15, 0.2) is 57.5 Å². The number of halogens is 2. The number of aromatic nitrogens is 4. The number of ether oxygens (including phenoxy) is 1. The Labute approximate surface area is 225 Å². The summed E-state index contributed by atoms with van der Waals surface area (Å²) in [6, 6.07) is 14.1. The lowest BCUT2D eigenvalue weighted by atomic mass is 10.2. The van der Waals surface area contributed by atoms with Gasteiger partial charge in [0.25, 0.3) is 11.8 Å². The van der Waals surface area contributed by atoms with Gasteiger partial charge in [-0.2, -0.15) is 0 Å². The van der Waals surface area contributed by atoms with E-state index in [-0.39, 0.29) is 11.8 Å². The van der Waals surface area contributed by atoms with E-state index in [0.29, 0.717) is 47.4 Å². The molecule has 0 aliphatic heterocycles. The zero-order valence-electron chi connectivity index (χ0n) is 18.0. The van der Waals surface area contributed by atoms with Crippen LogP contribution in [-0.4, -0.2) is 45.4 Å². The molecule has 4 aromatic rings. The number of carbonyl (C=O) groups is 2. The number of benzene rings is 2. The number of hydrogen-bond donors (Lipinski definition) is 2. The van der Waals surface area contributed by atoms with Gasteiger partial charge in [-0.15, -0.1) is 20.4 Å². The highest BCUT2D eigenvalue weighted by atomic mass is 79.9. The van der Waals surface area contributed by atoms with Crippen molar-refractivity contribution < 1.29 is 14.3 Å². The van der Waals surface area contributed by atoms with Gasteiger partial charge in [0.05, 0.1) is 13.2 Å². The Balaban J connectivity index is 1.15. The number of rotatable bonds is 10. The lowest BCUT2D eigenvalue weighted by molar-refractivity contribution is 0.101. The molecule has 0 aliphatic carbocycles. The fraction of sp³-hybridized carbons (Fsp3) is 0.182. The molecule has 2 heterocycles. The zero-order chi connectivity index (χ0) is 24.6. The molecule has 0 radical (unpaired) electrons. The molecule has 0 saturated heterocycles. The summed E-state index contributed by atoms with van der Waals surface area (Å²) in [5.74, 6) is -0.471. The van der Waals surface area contributed by atoms with Crippen LogP contribution in [0.2, 0.25) is 0 Å². The fourth-order valence-corrected chi connectivity index (χ4v) is 4.73. The molecule has 2 aromatic heterocycles. The summed E-state index contributed by atoms with van der Waals surface area (Å²) in [7, 11) is 0. The van der Waals surface area contributed by atoms with Crippen molar-refractivity contribution >= 4 is 76.6 Å². The maximum absolute atomic E-state index is 12.3. The van der Waals surface area contributed by atoms with Crippen LogP contribution in [0.1, 0.15) is 30.7 Å². The molecule has 9 nitrogen and oxygen atoms in total. The molecule has 0 bridgehead atoms. The van der Waals surface area contributed by atoms with Crippen molar-refractivity contribution in [2.75, 3.05) is 23.8 Å². The number of nitrogens with zero attached hydrogens (tertiary/aromatic N) is 4. The molecule has 13 heteroatoms. The molecule has 0 spiro atoms. The average molecular weight is 638 g/mol. The summed E-state index contributed by atoms with van der Waals surface area (Å²) < 4.78 is 7.49. The second-order valence-corrected chi connectivity index (χ2v) is 11.0. The van der Waals surface area contributed by atoms with E-state index in [1.54, 1.807) is 48.5 Å². The number of nitrogens with one attached hydrogen (secondary N) is 2. The van der Waals surface area contributed by atoms with Gasteiger partial charge in [-0.25, -0.2) is 0 Å². The maximum Gasteiger partial charge on any atom is 0.257 e. The largest absolute Gasteiger partial charge is 0.381 e. The van der Waals surface area contributed by atoms with Crippen molar-refractivity contribution in [2.45, 2.75) is 12.8 Å². The average Bonchev–Trinajstić information content (AvgIpc) is 3.49. The highest BCUT2D eigenvalue weighted by Crippen LogP contribution is 2.19. The van der Waals surface area contributed by atoms with Crippen molar-refractivity contribution in [3.8, 4) is 0 Å². The molecule has 2 N–H and O–H groups in total. The van der Waals surface area contributed by atoms with E-state index in [2.05, 4.69) is 62.9 Å². The van der Waals surface area contributed by atoms with Gasteiger partial charge < -0.3 is 4.74 Å². The van der Waals surface area contributed by atoms with E-state index in [4.69, 9.17) is 4.74 Å². The highest BCUT2D eigenvalue weighted by molar-refractivity contribution is 9.10. The number of anilines is 2. The number of hydrogen-bond acceptors (Lipinski definition) is 9. The third-order valence-electron chi connectivity index (χ3n) is 4.51. The Morgan fingerprint density at radius 3 is 1.49 bits per heavy atom. The van der Waals surface area contributed by atoms with E-state index < -0.39 is 0 Å². The van der Waals surface area contributed by atoms with Crippen molar-refractivity contribution in [1.82, 2.24) is 20.4 Å². The first-order valence-corrected chi connectivity index (χ1v) is 13.5. The molecule has 2 aromatic carbocycles. The molecule has 0 fully saturated rings. The van der Waals surface area contributed by atoms with Crippen LogP contribution >= 0.6 is 54.5 Å². The predicted molar refractivity (Wildman–Crippen MR) is 142 cm³/mol. The van der Waals surface area contributed by atoms with Gasteiger partial charge >= 0.3 is 0 Å². The van der Waals surface area contributed by atoms with Gasteiger partial charge in [0.2, 0.25) is 10.3 Å². The molecule has 0 unspecified atom stereocenters. The second-order valence-electron chi connectivity index (χ2n) is 7.04. The van der Waals surface area contributed by atoms with Crippen LogP contribution in [0.5, 0.6) is 0 Å². The standard InChI is InChI=1S/C22H18Br2N6O3S2/c23-15-5-1-13(2-6-15)19(31)25-21-29-27-17(34-21)9-11-33-12-10-18-28-30-22(35-18)26-20(32)14-3-7-16(24)8-4-14/h1-8H,9-12H2,(H,25,29,31)(H,26,30,32). The first kappa shape index (κ1) is 25.5. The summed E-state index contributed by atoms with van der Waals surface area (Å²) in [5.41, 5.74) is 1.09. The van der Waals surface area contributed by atoms with Gasteiger partial charge in [0, 0.05) is 32.9 Å². The second kappa shape index (κ2) is 12.4. The predicted octanol–water partition coefficient (Wildman–Crippen LogP) is 5.22. The minimum absolute atomic E-state index is 0.235. The molecular formula is C22H18Br2N6O3S2. The van der Waals surface area contributed by atoms with Crippen LogP contribution in [0, 0.1) is 0 Å². The molecule has 35 heavy (non-hydrogen) atoms. The SMILES string of the molecule is O=C(Nc1nnc(CCOCCc2nnc(NC(=O)c3ccc(Br)cc3)s2)s1)c1ccc(Br)cc1. The third-order valence-corrected chi connectivity index (χ3v) is 7.36. The zero-order valence-corrected chi connectivity index (χ0v) is 22.8. The van der Waals surface area contributed by atoms with Gasteiger partial charge in [0.1, 0.15) is 10.0 Å². The summed E-state index contributed by atoms with van der Waals surface area (Å²) in [6.45, 7) is 0.919. The van der Waals surface area contributed by atoms with E-state index in [0.717, 1.165) is 19.0 Å². The van der Waals surface area contributed by atoms with Crippen LogP contribution in [0.3, 0.4) is 0 Å². The Bertz CT molecular complexity index is 1200. The van der Waals surface area contributed by atoms with Gasteiger partial charge in [-0.3, -0.25) is 20.2 Å². The minimum atomic E-state index is -0.235. The van der Waals surface area contributed by atoms with Gasteiger partial charge in [-0.05, 0) is 48.5 Å². The van der Waals surface area contributed by atoms with E-state index >= 15 is 0 Å². The molecule has 2 amide bonds. The van der Waals surface area contributed by atoms with E-state index in [1.807, 2.05) is 0 Å². The Morgan fingerprint density at radius 1 is 0.686 bits per heavy atom. The monoisotopic (exact) mass is 636 g/mol. The number of carbonyl (C=O) groups excluding carboxylic acids is 2. The van der Waals surface area contributed by atoms with E-state index in [9.17, 15) is 9.59 Å². The number of amides is 2. The smallest absolute Gasteiger partial charge is 0.257 e. The maximum atomic E-state index is 12.3. The first-order valence-electron chi connectivity index (χ1n) is 10.3. The molecule has 0 saturated carbocycles. The van der Waals surface area contributed by atoms with Crippen LogP contribution < -0.4 is 10.6 Å². The fourth-order valence-electron chi connectivity index (χ4n) is 2.77. The summed E-state index contributed by atoms with van der Waals surface area (Å²) in [5, 5.41) is 24.2. The van der Waals surface area contributed by atoms with Crippen molar-refractivity contribution in [3.63, 3.8) is 0 Å². The Hall–Kier alpha value is -2.58. The molecular weight excluding hydrogens is 620 g/mol. The first-order chi connectivity index (χ1) is 17.0. The Kier molecular flexibility index (Phi) is 9.04. The van der Waals surface area contributed by atoms with Gasteiger partial charge in [-0.1, -0.05) is 54.5 Å². The molecule has 4 rings (SSSR count). The summed E-state index contributed by atoms with van der Waals surface area (Å²) >= 11 is 9.32. The van der Waals surface area contributed by atoms with Gasteiger partial charge in [0.15, 0.2) is 0 Å². The third kappa shape index (κ3) is 7.70. The molecule has 0 aliphatic rings. The summed E-state index contributed by atoms with van der Waals surface area (Å²) in [6.07, 6.45) is 1.16. The molecule has 180 valence electrons.